The van der Waals surface area contributed by atoms with Crippen LogP contribution in [0.3, 0.4) is 0 Å². The Hall–Kier alpha value is -1.66. The van der Waals surface area contributed by atoms with Crippen molar-refractivity contribution < 1.29 is 4.79 Å². The highest BCUT2D eigenvalue weighted by Gasteiger charge is 2.39. The van der Waals surface area contributed by atoms with Crippen LogP contribution in [0.15, 0.2) is 78.9 Å². The van der Waals surface area contributed by atoms with Gasteiger partial charge in [-0.05, 0) is 40.7 Å². The zero-order valence-electron chi connectivity index (χ0n) is 14.7. The Balaban J connectivity index is 1.85. The molecule has 0 spiro atoms. The van der Waals surface area contributed by atoms with Crippen molar-refractivity contribution in [2.75, 3.05) is 0 Å². The van der Waals surface area contributed by atoms with E-state index in [2.05, 4.69) is 36.4 Å². The Morgan fingerprint density at radius 1 is 0.704 bits per heavy atom. The SMILES string of the molecule is O=C1C[C@H](c2cccc(Cl)c2)P(c2ccccc2)[C@@H](c2cccc(Cl)c2)C1. The third kappa shape index (κ3) is 4.11. The summed E-state index contributed by atoms with van der Waals surface area (Å²) in [5.41, 5.74) is 2.62. The van der Waals surface area contributed by atoms with Crippen LogP contribution in [-0.2, 0) is 4.79 Å². The maximum Gasteiger partial charge on any atom is 0.134 e. The number of Topliss-reactive ketones (excluding diaryl/α,β-unsaturated/α-hetero) is 1. The Morgan fingerprint density at radius 2 is 1.22 bits per heavy atom. The van der Waals surface area contributed by atoms with E-state index in [9.17, 15) is 4.79 Å². The molecule has 27 heavy (non-hydrogen) atoms. The molecule has 0 saturated carbocycles. The molecule has 1 saturated heterocycles. The van der Waals surface area contributed by atoms with E-state index in [0.29, 0.717) is 28.7 Å². The first kappa shape index (κ1) is 18.7. The molecule has 0 aliphatic carbocycles. The van der Waals surface area contributed by atoms with Gasteiger partial charge in [-0.3, -0.25) is 4.79 Å². The van der Waals surface area contributed by atoms with Crippen LogP contribution in [0.1, 0.15) is 35.3 Å². The molecule has 0 amide bonds. The maximum absolute atomic E-state index is 12.7. The van der Waals surface area contributed by atoms with Gasteiger partial charge in [0.05, 0.1) is 0 Å². The van der Waals surface area contributed by atoms with Crippen LogP contribution in [0, 0.1) is 0 Å². The normalized spacial score (nSPS) is 20.6. The predicted molar refractivity (Wildman–Crippen MR) is 116 cm³/mol. The largest absolute Gasteiger partial charge is 0.300 e. The van der Waals surface area contributed by atoms with E-state index in [4.69, 9.17) is 23.2 Å². The molecule has 1 aliphatic heterocycles. The van der Waals surface area contributed by atoms with E-state index < -0.39 is 7.92 Å². The van der Waals surface area contributed by atoms with Crippen LogP contribution < -0.4 is 5.30 Å². The van der Waals surface area contributed by atoms with E-state index in [1.165, 1.54) is 5.30 Å². The number of rotatable bonds is 3. The Morgan fingerprint density at radius 3 is 1.70 bits per heavy atom. The molecule has 0 N–H and O–H groups in total. The Labute approximate surface area is 171 Å². The second kappa shape index (κ2) is 8.15. The summed E-state index contributed by atoms with van der Waals surface area (Å²) < 4.78 is 0. The van der Waals surface area contributed by atoms with Gasteiger partial charge in [0.2, 0.25) is 0 Å². The first-order valence-corrected chi connectivity index (χ1v) is 11.2. The predicted octanol–water partition coefficient (Wildman–Crippen LogP) is 6.95. The number of carbonyl (C=O) groups excluding carboxylic acids is 1. The van der Waals surface area contributed by atoms with Gasteiger partial charge in [-0.2, -0.15) is 0 Å². The Bertz CT molecular complexity index is 900. The summed E-state index contributed by atoms with van der Waals surface area (Å²) in [5, 5.41) is 2.75. The molecule has 0 bridgehead atoms. The van der Waals surface area contributed by atoms with Gasteiger partial charge in [-0.15, -0.1) is 0 Å². The lowest BCUT2D eigenvalue weighted by atomic mass is 10.0. The fourth-order valence-corrected chi connectivity index (χ4v) is 7.71. The van der Waals surface area contributed by atoms with E-state index in [1.807, 2.05) is 42.5 Å². The number of hydrogen-bond acceptors (Lipinski definition) is 1. The zero-order chi connectivity index (χ0) is 18.8. The van der Waals surface area contributed by atoms with Gasteiger partial charge in [0.1, 0.15) is 5.78 Å². The van der Waals surface area contributed by atoms with Gasteiger partial charge in [0.25, 0.3) is 0 Å². The summed E-state index contributed by atoms with van der Waals surface area (Å²) in [6.45, 7) is 0. The zero-order valence-corrected chi connectivity index (χ0v) is 17.1. The van der Waals surface area contributed by atoms with Gasteiger partial charge in [0.15, 0.2) is 0 Å². The lowest BCUT2D eigenvalue weighted by molar-refractivity contribution is -0.119. The van der Waals surface area contributed by atoms with Crippen molar-refractivity contribution in [1.82, 2.24) is 0 Å². The summed E-state index contributed by atoms with van der Waals surface area (Å²) >= 11 is 12.5. The van der Waals surface area contributed by atoms with Gasteiger partial charge in [-0.25, -0.2) is 0 Å². The van der Waals surface area contributed by atoms with Crippen molar-refractivity contribution in [2.45, 2.75) is 24.2 Å². The molecular formula is C23H19Cl2OP. The first-order chi connectivity index (χ1) is 13.1. The summed E-state index contributed by atoms with van der Waals surface area (Å²) in [6, 6.07) is 26.5. The van der Waals surface area contributed by atoms with Crippen molar-refractivity contribution in [3.05, 3.63) is 100 Å². The number of hydrogen-bond donors (Lipinski definition) is 0. The molecule has 1 aliphatic rings. The van der Waals surface area contributed by atoms with E-state index in [-0.39, 0.29) is 11.3 Å². The van der Waals surface area contributed by atoms with Gasteiger partial charge in [0, 0.05) is 34.2 Å². The molecule has 0 unspecified atom stereocenters. The van der Waals surface area contributed by atoms with Crippen molar-refractivity contribution in [2.24, 2.45) is 0 Å². The summed E-state index contributed by atoms with van der Waals surface area (Å²) in [5.74, 6) is 0.305. The third-order valence-electron chi connectivity index (χ3n) is 5.03. The van der Waals surface area contributed by atoms with Crippen LogP contribution in [0.5, 0.6) is 0 Å². The topological polar surface area (TPSA) is 17.1 Å². The molecule has 1 fully saturated rings. The second-order valence-electron chi connectivity index (χ2n) is 6.83. The van der Waals surface area contributed by atoms with Gasteiger partial charge >= 0.3 is 0 Å². The summed E-state index contributed by atoms with van der Waals surface area (Å²) in [6.07, 6.45) is 1.13. The van der Waals surface area contributed by atoms with E-state index in [0.717, 1.165) is 11.1 Å². The summed E-state index contributed by atoms with van der Waals surface area (Å²) in [4.78, 5) is 12.7. The minimum Gasteiger partial charge on any atom is -0.300 e. The Kier molecular flexibility index (Phi) is 5.64. The number of ketones is 1. The molecule has 4 heteroatoms. The fourth-order valence-electron chi connectivity index (χ4n) is 3.87. The average molecular weight is 413 g/mol. The molecule has 2 atom stereocenters. The molecular weight excluding hydrogens is 394 g/mol. The highest BCUT2D eigenvalue weighted by molar-refractivity contribution is 7.66. The number of carbonyl (C=O) groups is 1. The van der Waals surface area contributed by atoms with Crippen molar-refractivity contribution >= 4 is 42.2 Å². The highest BCUT2D eigenvalue weighted by Crippen LogP contribution is 2.66. The smallest absolute Gasteiger partial charge is 0.134 e. The van der Waals surface area contributed by atoms with Gasteiger partial charge in [-0.1, -0.05) is 85.7 Å². The molecule has 0 radical (unpaired) electrons. The van der Waals surface area contributed by atoms with Crippen molar-refractivity contribution in [3.8, 4) is 0 Å². The molecule has 3 aromatic carbocycles. The van der Waals surface area contributed by atoms with E-state index in [1.54, 1.807) is 0 Å². The van der Waals surface area contributed by atoms with Crippen molar-refractivity contribution in [3.63, 3.8) is 0 Å². The quantitative estimate of drug-likeness (QED) is 0.425. The molecule has 1 nitrogen and oxygen atoms in total. The van der Waals surface area contributed by atoms with Crippen LogP contribution in [0.2, 0.25) is 10.0 Å². The fraction of sp³-hybridized carbons (Fsp3) is 0.174. The van der Waals surface area contributed by atoms with Crippen molar-refractivity contribution in [1.29, 1.82) is 0 Å². The maximum atomic E-state index is 12.7. The van der Waals surface area contributed by atoms with Crippen LogP contribution in [0.4, 0.5) is 0 Å². The number of benzene rings is 3. The van der Waals surface area contributed by atoms with Crippen LogP contribution in [0.25, 0.3) is 0 Å². The first-order valence-electron chi connectivity index (χ1n) is 8.98. The minimum absolute atomic E-state index is 0.159. The second-order valence-corrected chi connectivity index (χ2v) is 10.3. The highest BCUT2D eigenvalue weighted by atomic mass is 35.5. The van der Waals surface area contributed by atoms with E-state index >= 15 is 0 Å². The van der Waals surface area contributed by atoms with Gasteiger partial charge < -0.3 is 0 Å². The third-order valence-corrected chi connectivity index (χ3v) is 8.70. The van der Waals surface area contributed by atoms with Crippen LogP contribution >= 0.6 is 31.1 Å². The summed E-state index contributed by atoms with van der Waals surface area (Å²) in [7, 11) is -0.636. The standard InChI is InChI=1S/C23H19Cl2OP/c24-18-8-4-6-16(12-18)22-14-20(26)15-23(17-7-5-9-19(25)13-17)27(22)21-10-2-1-3-11-21/h1-13,22-23H,14-15H2/t22-,23-/m1/s1. The molecule has 3 aromatic rings. The number of halogens is 2. The average Bonchev–Trinajstić information content (AvgIpc) is 2.68. The minimum atomic E-state index is -0.636. The monoisotopic (exact) mass is 412 g/mol. The lowest BCUT2D eigenvalue weighted by Crippen LogP contribution is -2.23. The lowest BCUT2D eigenvalue weighted by Gasteiger charge is -2.39. The molecule has 0 aromatic heterocycles. The molecule has 136 valence electrons. The van der Waals surface area contributed by atoms with Crippen LogP contribution in [-0.4, -0.2) is 5.78 Å². The molecule has 1 heterocycles. The molecule has 4 rings (SSSR count).